The molecule has 1 atom stereocenters. The molecule has 0 aliphatic carbocycles. The molecule has 0 aliphatic heterocycles. The maximum atomic E-state index is 12.3. The fourth-order valence-corrected chi connectivity index (χ4v) is 2.67. The summed E-state index contributed by atoms with van der Waals surface area (Å²) in [6.07, 6.45) is 1.31. The van der Waals surface area contributed by atoms with E-state index in [9.17, 15) is 4.79 Å². The van der Waals surface area contributed by atoms with Crippen molar-refractivity contribution >= 4 is 11.6 Å². The van der Waals surface area contributed by atoms with Crippen molar-refractivity contribution in [3.05, 3.63) is 53.6 Å². The first-order valence-corrected chi connectivity index (χ1v) is 9.33. The number of hydrogen-bond donors (Lipinski definition) is 2. The molecular formula is C22H30N2O3. The van der Waals surface area contributed by atoms with Crippen LogP contribution in [0.3, 0.4) is 0 Å². The molecule has 0 saturated heterocycles. The van der Waals surface area contributed by atoms with Crippen LogP contribution in [0.5, 0.6) is 11.5 Å². The van der Waals surface area contributed by atoms with E-state index >= 15 is 0 Å². The van der Waals surface area contributed by atoms with E-state index < -0.39 is 0 Å². The summed E-state index contributed by atoms with van der Waals surface area (Å²) in [5.74, 6) is 1.95. The van der Waals surface area contributed by atoms with Gasteiger partial charge in [0.15, 0.2) is 11.5 Å². The average molecular weight is 370 g/mol. The first-order valence-electron chi connectivity index (χ1n) is 9.33. The van der Waals surface area contributed by atoms with Crippen molar-refractivity contribution in [3.63, 3.8) is 0 Å². The highest BCUT2D eigenvalue weighted by molar-refractivity contribution is 5.79. The molecule has 0 radical (unpaired) electrons. The number of nitrogen functional groups attached to an aromatic ring is 1. The number of benzene rings is 2. The third kappa shape index (κ3) is 6.51. The molecule has 0 saturated carbocycles. The second-order valence-electron chi connectivity index (χ2n) is 7.15. The zero-order valence-corrected chi connectivity index (χ0v) is 16.6. The third-order valence-corrected chi connectivity index (χ3v) is 4.36. The van der Waals surface area contributed by atoms with Gasteiger partial charge in [-0.05, 0) is 54.7 Å². The Morgan fingerprint density at radius 2 is 1.78 bits per heavy atom. The first-order chi connectivity index (χ1) is 12.9. The molecule has 5 heteroatoms. The number of carbonyl (C=O) groups is 1. The highest BCUT2D eigenvalue weighted by atomic mass is 16.5. The Kier molecular flexibility index (Phi) is 7.53. The molecule has 0 aromatic heterocycles. The minimum absolute atomic E-state index is 0.0384. The maximum Gasteiger partial charge on any atom is 0.224 e. The number of methoxy groups -OCH3 is 1. The lowest BCUT2D eigenvalue weighted by Crippen LogP contribution is -2.28. The number of hydrogen-bond acceptors (Lipinski definition) is 4. The van der Waals surface area contributed by atoms with Gasteiger partial charge in [-0.15, -0.1) is 0 Å². The summed E-state index contributed by atoms with van der Waals surface area (Å²) >= 11 is 0. The molecule has 2 aromatic rings. The van der Waals surface area contributed by atoms with Crippen LogP contribution < -0.4 is 20.5 Å². The lowest BCUT2D eigenvalue weighted by Gasteiger charge is -2.17. The van der Waals surface area contributed by atoms with Crippen LogP contribution in [0.25, 0.3) is 0 Å². The van der Waals surface area contributed by atoms with Gasteiger partial charge >= 0.3 is 0 Å². The van der Waals surface area contributed by atoms with E-state index in [1.54, 1.807) is 19.2 Å². The summed E-state index contributed by atoms with van der Waals surface area (Å²) in [5, 5.41) is 3.02. The zero-order chi connectivity index (χ0) is 19.8. The molecular weight excluding hydrogens is 340 g/mol. The Hall–Kier alpha value is -2.69. The lowest BCUT2D eigenvalue weighted by molar-refractivity contribution is -0.121. The Morgan fingerprint density at radius 3 is 2.41 bits per heavy atom. The molecule has 5 nitrogen and oxygen atoms in total. The topological polar surface area (TPSA) is 73.6 Å². The van der Waals surface area contributed by atoms with Crippen LogP contribution in [0, 0.1) is 5.92 Å². The van der Waals surface area contributed by atoms with Crippen molar-refractivity contribution in [1.29, 1.82) is 0 Å². The molecule has 146 valence electrons. The van der Waals surface area contributed by atoms with Crippen molar-refractivity contribution < 1.29 is 14.3 Å². The molecule has 0 aliphatic rings. The number of amides is 1. The molecule has 2 rings (SSSR count). The van der Waals surface area contributed by atoms with Crippen LogP contribution in [0.1, 0.15) is 44.4 Å². The van der Waals surface area contributed by atoms with Crippen molar-refractivity contribution in [2.75, 3.05) is 19.5 Å². The smallest absolute Gasteiger partial charge is 0.224 e. The summed E-state index contributed by atoms with van der Waals surface area (Å²) < 4.78 is 11.3. The second kappa shape index (κ2) is 9.86. The van der Waals surface area contributed by atoms with Gasteiger partial charge in [-0.25, -0.2) is 0 Å². The highest BCUT2D eigenvalue weighted by Gasteiger charge is 2.13. The second-order valence-corrected chi connectivity index (χ2v) is 7.15. The number of nitrogens with two attached hydrogens (primary N) is 1. The Labute approximate surface area is 161 Å². The van der Waals surface area contributed by atoms with Gasteiger partial charge in [-0.1, -0.05) is 32.0 Å². The normalized spacial score (nSPS) is 11.9. The minimum atomic E-state index is -0.134. The van der Waals surface area contributed by atoms with Crippen LogP contribution in [0.2, 0.25) is 0 Å². The van der Waals surface area contributed by atoms with Gasteiger partial charge in [0.2, 0.25) is 5.91 Å². The van der Waals surface area contributed by atoms with Crippen LogP contribution in [0.4, 0.5) is 5.69 Å². The van der Waals surface area contributed by atoms with E-state index in [1.165, 1.54) is 0 Å². The molecule has 0 heterocycles. The van der Waals surface area contributed by atoms with Crippen molar-refractivity contribution in [2.24, 2.45) is 5.92 Å². The van der Waals surface area contributed by atoms with E-state index in [1.807, 2.05) is 37.3 Å². The molecule has 2 aromatic carbocycles. The molecule has 0 spiro atoms. The Bertz CT molecular complexity index is 742. The zero-order valence-electron chi connectivity index (χ0n) is 16.6. The van der Waals surface area contributed by atoms with E-state index in [2.05, 4.69) is 19.2 Å². The largest absolute Gasteiger partial charge is 0.493 e. The predicted octanol–water partition coefficient (Wildman–Crippen LogP) is 4.12. The summed E-state index contributed by atoms with van der Waals surface area (Å²) in [6.45, 7) is 6.94. The quantitative estimate of drug-likeness (QED) is 0.651. The van der Waals surface area contributed by atoms with Gasteiger partial charge < -0.3 is 20.5 Å². The third-order valence-electron chi connectivity index (χ3n) is 4.36. The fourth-order valence-electron chi connectivity index (χ4n) is 2.67. The van der Waals surface area contributed by atoms with Crippen LogP contribution in [-0.2, 0) is 11.2 Å². The number of carbonyl (C=O) groups excluding carboxylic acids is 1. The van der Waals surface area contributed by atoms with E-state index in [4.69, 9.17) is 15.2 Å². The van der Waals surface area contributed by atoms with Crippen LogP contribution >= 0.6 is 0 Å². The van der Waals surface area contributed by atoms with Crippen molar-refractivity contribution in [2.45, 2.75) is 39.7 Å². The van der Waals surface area contributed by atoms with Crippen molar-refractivity contribution in [3.8, 4) is 11.5 Å². The fraction of sp³-hybridized carbons (Fsp3) is 0.409. The number of ether oxygens (including phenoxy) is 2. The van der Waals surface area contributed by atoms with Gasteiger partial charge in [0, 0.05) is 5.69 Å². The predicted molar refractivity (Wildman–Crippen MR) is 109 cm³/mol. The van der Waals surface area contributed by atoms with Gasteiger partial charge in [0.05, 0.1) is 26.2 Å². The molecule has 3 N–H and O–H groups in total. The van der Waals surface area contributed by atoms with Crippen LogP contribution in [0.15, 0.2) is 42.5 Å². The number of anilines is 1. The van der Waals surface area contributed by atoms with Gasteiger partial charge in [0.25, 0.3) is 0 Å². The molecule has 0 fully saturated rings. The van der Waals surface area contributed by atoms with E-state index in [0.29, 0.717) is 30.4 Å². The lowest BCUT2D eigenvalue weighted by atomic mass is 10.1. The Balaban J connectivity index is 1.97. The number of nitrogens with one attached hydrogen (secondary N) is 1. The monoisotopic (exact) mass is 370 g/mol. The summed E-state index contributed by atoms with van der Waals surface area (Å²) in [4.78, 5) is 12.3. The molecule has 0 bridgehead atoms. The molecule has 27 heavy (non-hydrogen) atoms. The van der Waals surface area contributed by atoms with Gasteiger partial charge in [-0.2, -0.15) is 0 Å². The summed E-state index contributed by atoms with van der Waals surface area (Å²) in [5.41, 5.74) is 8.26. The van der Waals surface area contributed by atoms with Gasteiger partial charge in [-0.3, -0.25) is 4.79 Å². The minimum Gasteiger partial charge on any atom is -0.493 e. The van der Waals surface area contributed by atoms with Gasteiger partial charge in [0.1, 0.15) is 0 Å². The van der Waals surface area contributed by atoms with Crippen LogP contribution in [-0.4, -0.2) is 19.6 Å². The average Bonchev–Trinajstić information content (AvgIpc) is 2.63. The van der Waals surface area contributed by atoms with E-state index in [-0.39, 0.29) is 11.9 Å². The summed E-state index contributed by atoms with van der Waals surface area (Å²) in [7, 11) is 1.62. The van der Waals surface area contributed by atoms with Crippen molar-refractivity contribution in [1.82, 2.24) is 5.32 Å². The molecule has 1 amide bonds. The van der Waals surface area contributed by atoms with E-state index in [0.717, 1.165) is 23.3 Å². The first kappa shape index (κ1) is 20.6. The Morgan fingerprint density at radius 1 is 1.07 bits per heavy atom. The SMILES string of the molecule is COc1cc(C(C)NC(=O)Cc2ccc(N)cc2)ccc1OCCC(C)C. The maximum absolute atomic E-state index is 12.3. The molecule has 1 unspecified atom stereocenters. The summed E-state index contributed by atoms with van der Waals surface area (Å²) in [6, 6.07) is 13.0. The number of rotatable bonds is 9. The highest BCUT2D eigenvalue weighted by Crippen LogP contribution is 2.30. The standard InChI is InChI=1S/C22H30N2O3/c1-15(2)11-12-27-20-10-7-18(14-21(20)26-4)16(3)24-22(25)13-17-5-8-19(23)9-6-17/h5-10,14-16H,11-13,23H2,1-4H3,(H,24,25).